The predicted octanol–water partition coefficient (Wildman–Crippen LogP) is 2.85. The monoisotopic (exact) mass is 559 g/mol. The van der Waals surface area contributed by atoms with Crippen molar-refractivity contribution in [2.45, 2.75) is 51.2 Å². The van der Waals surface area contributed by atoms with Crippen molar-refractivity contribution >= 4 is 29.9 Å². The van der Waals surface area contributed by atoms with Gasteiger partial charge in [0, 0.05) is 31.7 Å². The van der Waals surface area contributed by atoms with Gasteiger partial charge in [-0.1, -0.05) is 18.2 Å². The van der Waals surface area contributed by atoms with Crippen LogP contribution in [0, 0.1) is 0 Å². The molecule has 1 atom stereocenters. The van der Waals surface area contributed by atoms with Gasteiger partial charge in [0.05, 0.1) is 25.8 Å². The Morgan fingerprint density at radius 2 is 1.88 bits per heavy atom. The van der Waals surface area contributed by atoms with Gasteiger partial charge in [-0.15, -0.1) is 24.0 Å². The molecule has 2 fully saturated rings. The fraction of sp³-hybridized carbons (Fsp3) is 0.708. The van der Waals surface area contributed by atoms with Crippen molar-refractivity contribution in [3.05, 3.63) is 29.8 Å². The van der Waals surface area contributed by atoms with Crippen LogP contribution in [-0.2, 0) is 0 Å². The van der Waals surface area contributed by atoms with E-state index in [1.807, 2.05) is 12.1 Å². The van der Waals surface area contributed by atoms with Gasteiger partial charge in [0.15, 0.2) is 5.96 Å². The van der Waals surface area contributed by atoms with Gasteiger partial charge in [-0.3, -0.25) is 9.89 Å². The van der Waals surface area contributed by atoms with Crippen molar-refractivity contribution in [3.8, 4) is 5.75 Å². The number of rotatable bonds is 10. The van der Waals surface area contributed by atoms with E-state index >= 15 is 0 Å². The molecule has 0 saturated carbocycles. The van der Waals surface area contributed by atoms with Gasteiger partial charge in [0.1, 0.15) is 5.75 Å². The summed E-state index contributed by atoms with van der Waals surface area (Å²) < 4.78 is 5.66. The molecule has 182 valence electrons. The number of guanidine groups is 1. The zero-order chi connectivity index (χ0) is 21.9. The number of halogens is 1. The SMILES string of the molecule is CCNC(=NCC(c1ccccc1OC)N1CCCC1)NCCCN1CCC(O)CC1.I. The first kappa shape index (κ1) is 27.1. The van der Waals surface area contributed by atoms with Crippen LogP contribution in [0.15, 0.2) is 29.3 Å². The molecule has 2 heterocycles. The Morgan fingerprint density at radius 3 is 2.56 bits per heavy atom. The number of ether oxygens (including phenoxy) is 1. The number of para-hydroxylation sites is 1. The first-order valence-electron chi connectivity index (χ1n) is 12.0. The lowest BCUT2D eigenvalue weighted by Gasteiger charge is -2.29. The highest BCUT2D eigenvalue weighted by Crippen LogP contribution is 2.31. The summed E-state index contributed by atoms with van der Waals surface area (Å²) in [7, 11) is 1.75. The lowest BCUT2D eigenvalue weighted by atomic mass is 10.0. The van der Waals surface area contributed by atoms with Crippen LogP contribution in [0.4, 0.5) is 0 Å². The van der Waals surface area contributed by atoms with Gasteiger partial charge >= 0.3 is 0 Å². The van der Waals surface area contributed by atoms with Gasteiger partial charge in [0.25, 0.3) is 0 Å². The lowest BCUT2D eigenvalue weighted by molar-refractivity contribution is 0.0823. The van der Waals surface area contributed by atoms with Crippen LogP contribution in [-0.4, -0.2) is 86.4 Å². The fourth-order valence-corrected chi connectivity index (χ4v) is 4.58. The molecule has 32 heavy (non-hydrogen) atoms. The molecule has 3 rings (SSSR count). The molecule has 3 N–H and O–H groups in total. The number of nitrogens with one attached hydrogen (secondary N) is 2. The lowest BCUT2D eigenvalue weighted by Crippen LogP contribution is -2.41. The smallest absolute Gasteiger partial charge is 0.191 e. The van der Waals surface area contributed by atoms with Crippen molar-refractivity contribution in [1.82, 2.24) is 20.4 Å². The molecule has 0 bridgehead atoms. The molecule has 0 amide bonds. The van der Waals surface area contributed by atoms with Crippen LogP contribution in [0.3, 0.4) is 0 Å². The summed E-state index contributed by atoms with van der Waals surface area (Å²) in [6.07, 6.45) is 5.27. The number of benzene rings is 1. The quantitative estimate of drug-likeness (QED) is 0.177. The normalized spacial score (nSPS) is 19.4. The van der Waals surface area contributed by atoms with Gasteiger partial charge in [-0.25, -0.2) is 0 Å². The molecular formula is C24H42IN5O2. The third-order valence-corrected chi connectivity index (χ3v) is 6.35. The predicted molar refractivity (Wildman–Crippen MR) is 142 cm³/mol. The van der Waals surface area contributed by atoms with Crippen molar-refractivity contribution in [1.29, 1.82) is 0 Å². The van der Waals surface area contributed by atoms with E-state index in [4.69, 9.17) is 9.73 Å². The molecular weight excluding hydrogens is 517 g/mol. The molecule has 0 aliphatic carbocycles. The second-order valence-corrected chi connectivity index (χ2v) is 8.57. The van der Waals surface area contributed by atoms with Crippen LogP contribution in [0.25, 0.3) is 0 Å². The molecule has 2 aliphatic heterocycles. The number of aliphatic hydroxyl groups excluding tert-OH is 1. The Balaban J connectivity index is 0.00000363. The van der Waals surface area contributed by atoms with E-state index < -0.39 is 0 Å². The van der Waals surface area contributed by atoms with Gasteiger partial charge in [-0.05, 0) is 64.7 Å². The highest BCUT2D eigenvalue weighted by molar-refractivity contribution is 14.0. The maximum Gasteiger partial charge on any atom is 0.191 e. The first-order chi connectivity index (χ1) is 15.2. The largest absolute Gasteiger partial charge is 0.496 e. The maximum atomic E-state index is 9.65. The minimum absolute atomic E-state index is 0. The summed E-state index contributed by atoms with van der Waals surface area (Å²) in [6.45, 7) is 9.87. The van der Waals surface area contributed by atoms with Crippen LogP contribution < -0.4 is 15.4 Å². The first-order valence-corrected chi connectivity index (χ1v) is 12.0. The van der Waals surface area contributed by atoms with Crippen LogP contribution in [0.2, 0.25) is 0 Å². The van der Waals surface area contributed by atoms with Gasteiger partial charge in [0.2, 0.25) is 0 Å². The van der Waals surface area contributed by atoms with Crippen molar-refractivity contribution in [3.63, 3.8) is 0 Å². The molecule has 2 aliphatic rings. The van der Waals surface area contributed by atoms with Crippen molar-refractivity contribution in [2.24, 2.45) is 4.99 Å². The molecule has 1 unspecified atom stereocenters. The second-order valence-electron chi connectivity index (χ2n) is 8.57. The van der Waals surface area contributed by atoms with E-state index in [9.17, 15) is 5.11 Å². The highest BCUT2D eigenvalue weighted by Gasteiger charge is 2.25. The molecule has 1 aromatic rings. The summed E-state index contributed by atoms with van der Waals surface area (Å²) in [5, 5.41) is 16.6. The molecule has 7 nitrogen and oxygen atoms in total. The highest BCUT2D eigenvalue weighted by atomic mass is 127. The number of aliphatic imine (C=N–C) groups is 1. The zero-order valence-electron chi connectivity index (χ0n) is 19.8. The van der Waals surface area contributed by atoms with Crippen LogP contribution in [0.5, 0.6) is 5.75 Å². The number of piperidine rings is 1. The molecule has 0 spiro atoms. The van der Waals surface area contributed by atoms with Crippen molar-refractivity contribution < 1.29 is 9.84 Å². The third-order valence-electron chi connectivity index (χ3n) is 6.35. The minimum Gasteiger partial charge on any atom is -0.496 e. The van der Waals surface area contributed by atoms with E-state index in [1.54, 1.807) is 7.11 Å². The average Bonchev–Trinajstić information content (AvgIpc) is 3.33. The number of hydrogen-bond donors (Lipinski definition) is 3. The van der Waals surface area contributed by atoms with Crippen LogP contribution >= 0.6 is 24.0 Å². The summed E-state index contributed by atoms with van der Waals surface area (Å²) in [4.78, 5) is 9.94. The Morgan fingerprint density at radius 1 is 1.16 bits per heavy atom. The van der Waals surface area contributed by atoms with Crippen LogP contribution in [0.1, 0.15) is 50.6 Å². The minimum atomic E-state index is -0.103. The Hall–Kier alpha value is -1.10. The van der Waals surface area contributed by atoms with E-state index in [-0.39, 0.29) is 36.1 Å². The van der Waals surface area contributed by atoms with E-state index in [0.29, 0.717) is 6.54 Å². The molecule has 2 saturated heterocycles. The summed E-state index contributed by atoms with van der Waals surface area (Å²) in [5.74, 6) is 1.83. The summed E-state index contributed by atoms with van der Waals surface area (Å²) >= 11 is 0. The molecule has 1 aromatic carbocycles. The Kier molecular flexibility index (Phi) is 12.7. The van der Waals surface area contributed by atoms with Crippen molar-refractivity contribution in [2.75, 3.05) is 59.5 Å². The van der Waals surface area contributed by atoms with E-state index in [0.717, 1.165) is 76.8 Å². The number of aliphatic hydroxyl groups is 1. The number of likely N-dealkylation sites (tertiary alicyclic amines) is 2. The van der Waals surface area contributed by atoms with E-state index in [1.165, 1.54) is 18.4 Å². The van der Waals surface area contributed by atoms with Gasteiger partial charge < -0.3 is 25.4 Å². The fourth-order valence-electron chi connectivity index (χ4n) is 4.58. The van der Waals surface area contributed by atoms with Gasteiger partial charge in [-0.2, -0.15) is 0 Å². The van der Waals surface area contributed by atoms with E-state index in [2.05, 4.69) is 39.5 Å². The maximum absolute atomic E-state index is 9.65. The molecule has 0 radical (unpaired) electrons. The topological polar surface area (TPSA) is 72.4 Å². The Labute approximate surface area is 211 Å². The average molecular weight is 560 g/mol. The summed E-state index contributed by atoms with van der Waals surface area (Å²) in [6, 6.07) is 8.57. The number of hydrogen-bond acceptors (Lipinski definition) is 5. The zero-order valence-corrected chi connectivity index (χ0v) is 22.1. The Bertz CT molecular complexity index is 676. The number of nitrogens with zero attached hydrogens (tertiary/aromatic N) is 3. The molecule has 0 aromatic heterocycles. The molecule has 8 heteroatoms. The second kappa shape index (κ2) is 14.9. The standard InChI is InChI=1S/C24H41N5O2.HI/c1-3-25-24(26-13-8-14-28-17-11-20(30)12-18-28)27-19-22(29-15-6-7-16-29)21-9-4-5-10-23(21)31-2;/h4-5,9-10,20,22,30H,3,6-8,11-19H2,1-2H3,(H2,25,26,27);1H. The summed E-state index contributed by atoms with van der Waals surface area (Å²) in [5.41, 5.74) is 1.22. The third kappa shape index (κ3) is 8.35. The number of methoxy groups -OCH3 is 1.